The highest BCUT2D eigenvalue weighted by molar-refractivity contribution is 7.89. The molecule has 0 aliphatic carbocycles. The molecule has 0 aromatic heterocycles. The topological polar surface area (TPSA) is 131 Å². The van der Waals surface area contributed by atoms with E-state index >= 15 is 0 Å². The number of carbonyl (C=O) groups excluding carboxylic acids is 2. The van der Waals surface area contributed by atoms with Gasteiger partial charge in [0.25, 0.3) is 5.91 Å². The van der Waals surface area contributed by atoms with Gasteiger partial charge in [0, 0.05) is 29.5 Å². The van der Waals surface area contributed by atoms with Crippen LogP contribution in [-0.2, 0) is 19.6 Å². The number of sulfonamides is 1. The van der Waals surface area contributed by atoms with Crippen molar-refractivity contribution in [2.24, 2.45) is 5.73 Å². The lowest BCUT2D eigenvalue weighted by atomic mass is 10.1. The molecule has 0 radical (unpaired) electrons. The molecule has 2 amide bonds. The molecule has 0 saturated carbocycles. The lowest BCUT2D eigenvalue weighted by molar-refractivity contribution is -0.114. The van der Waals surface area contributed by atoms with E-state index in [1.807, 2.05) is 0 Å². The number of benzene rings is 2. The predicted octanol–water partition coefficient (Wildman–Crippen LogP) is 1.82. The van der Waals surface area contributed by atoms with Crippen LogP contribution in [-0.4, -0.2) is 57.4 Å². The molecule has 0 bridgehead atoms. The molecule has 2 aromatic carbocycles. The second-order valence-corrected chi connectivity index (χ2v) is 9.30. The molecule has 3 rings (SSSR count). The molecule has 4 N–H and O–H groups in total. The van der Waals surface area contributed by atoms with Crippen molar-refractivity contribution in [3.8, 4) is 0 Å². The molecule has 9 nitrogen and oxygen atoms in total. The summed E-state index contributed by atoms with van der Waals surface area (Å²) in [5, 5.41) is 5.86. The third-order valence-corrected chi connectivity index (χ3v) is 7.02. The molecule has 1 aliphatic rings. The lowest BCUT2D eigenvalue weighted by Crippen LogP contribution is -2.40. The van der Waals surface area contributed by atoms with Crippen LogP contribution in [0.4, 0.5) is 11.4 Å². The molecule has 0 atom stereocenters. The molecular formula is C20H23ClN4O5S. The fourth-order valence-corrected chi connectivity index (χ4v) is 4.97. The average molecular weight is 467 g/mol. The number of hydrogen-bond acceptors (Lipinski definition) is 6. The van der Waals surface area contributed by atoms with E-state index in [4.69, 9.17) is 22.1 Å². The van der Waals surface area contributed by atoms with E-state index < -0.39 is 21.8 Å². The average Bonchev–Trinajstić information content (AvgIpc) is 2.74. The maximum Gasteiger partial charge on any atom is 0.250 e. The molecular weight excluding hydrogens is 444 g/mol. The number of amides is 2. The summed E-state index contributed by atoms with van der Waals surface area (Å²) in [5.74, 6) is -1.09. The van der Waals surface area contributed by atoms with Crippen LogP contribution in [0.5, 0.6) is 0 Å². The fraction of sp³-hybridized carbons (Fsp3) is 0.300. The van der Waals surface area contributed by atoms with Crippen molar-refractivity contribution in [1.29, 1.82) is 0 Å². The summed E-state index contributed by atoms with van der Waals surface area (Å²) in [4.78, 5) is 24.1. The number of anilines is 2. The minimum Gasteiger partial charge on any atom is -0.379 e. The zero-order valence-corrected chi connectivity index (χ0v) is 18.4. The Bertz CT molecular complexity index is 1100. The Kier molecular flexibility index (Phi) is 7.16. The molecule has 0 unspecified atom stereocenters. The molecule has 1 saturated heterocycles. The van der Waals surface area contributed by atoms with Gasteiger partial charge in [-0.2, -0.15) is 4.31 Å². The van der Waals surface area contributed by atoms with Gasteiger partial charge in [0.1, 0.15) is 0 Å². The number of carbonyl (C=O) groups is 2. The highest BCUT2D eigenvalue weighted by Gasteiger charge is 2.28. The first kappa shape index (κ1) is 23.0. The normalized spacial score (nSPS) is 14.8. The zero-order valence-electron chi connectivity index (χ0n) is 16.9. The molecule has 1 heterocycles. The number of rotatable bonds is 7. The van der Waals surface area contributed by atoms with Crippen LogP contribution in [0.1, 0.15) is 15.9 Å². The van der Waals surface area contributed by atoms with Gasteiger partial charge in [-0.25, -0.2) is 8.42 Å². The minimum atomic E-state index is -3.71. The van der Waals surface area contributed by atoms with E-state index in [0.717, 1.165) is 0 Å². The lowest BCUT2D eigenvalue weighted by Gasteiger charge is -2.26. The number of nitrogens with one attached hydrogen (secondary N) is 2. The van der Waals surface area contributed by atoms with Crippen molar-refractivity contribution in [2.75, 3.05) is 43.5 Å². The van der Waals surface area contributed by atoms with Crippen molar-refractivity contribution >= 4 is 44.8 Å². The summed E-state index contributed by atoms with van der Waals surface area (Å²) < 4.78 is 32.6. The highest BCUT2D eigenvalue weighted by Crippen LogP contribution is 2.25. The maximum absolute atomic E-state index is 13.0. The number of morpholine rings is 1. The van der Waals surface area contributed by atoms with E-state index in [-0.39, 0.29) is 30.1 Å². The Labute approximate surface area is 185 Å². The summed E-state index contributed by atoms with van der Waals surface area (Å²) in [6.07, 6.45) is 0. The first-order chi connectivity index (χ1) is 14.7. The monoisotopic (exact) mass is 466 g/mol. The number of hydrogen-bond donors (Lipinski definition) is 3. The van der Waals surface area contributed by atoms with Gasteiger partial charge >= 0.3 is 0 Å². The van der Waals surface area contributed by atoms with Gasteiger partial charge in [-0.1, -0.05) is 17.7 Å². The van der Waals surface area contributed by atoms with E-state index in [1.54, 1.807) is 19.1 Å². The Morgan fingerprint density at radius 2 is 1.87 bits per heavy atom. The van der Waals surface area contributed by atoms with Gasteiger partial charge in [-0.15, -0.1) is 0 Å². The molecule has 0 spiro atoms. The van der Waals surface area contributed by atoms with Crippen LogP contribution in [0, 0.1) is 6.92 Å². The van der Waals surface area contributed by atoms with E-state index in [2.05, 4.69) is 10.6 Å². The molecule has 11 heteroatoms. The van der Waals surface area contributed by atoms with Crippen LogP contribution >= 0.6 is 11.6 Å². The van der Waals surface area contributed by atoms with Crippen LogP contribution < -0.4 is 16.4 Å². The smallest absolute Gasteiger partial charge is 0.250 e. The van der Waals surface area contributed by atoms with Crippen LogP contribution in [0.3, 0.4) is 0 Å². The van der Waals surface area contributed by atoms with Gasteiger partial charge in [-0.3, -0.25) is 9.59 Å². The summed E-state index contributed by atoms with van der Waals surface area (Å²) in [6, 6.07) is 9.18. The molecule has 1 aliphatic heterocycles. The number of nitrogens with two attached hydrogens (primary N) is 1. The van der Waals surface area contributed by atoms with Crippen LogP contribution in [0.25, 0.3) is 0 Å². The Morgan fingerprint density at radius 3 is 2.55 bits per heavy atom. The third kappa shape index (κ3) is 5.53. The number of halogens is 1. The molecule has 166 valence electrons. The SMILES string of the molecule is Cc1ccc(NC(=O)CNc2cc(Cl)ccc2C(N)=O)cc1S(=O)(=O)N1CCOCC1. The van der Waals surface area contributed by atoms with Crippen LogP contribution in [0.2, 0.25) is 5.02 Å². The van der Waals surface area contributed by atoms with Crippen molar-refractivity contribution < 1.29 is 22.7 Å². The Hall–Kier alpha value is -2.66. The van der Waals surface area contributed by atoms with Gasteiger partial charge in [0.2, 0.25) is 15.9 Å². The van der Waals surface area contributed by atoms with E-state index in [9.17, 15) is 18.0 Å². The summed E-state index contributed by atoms with van der Waals surface area (Å²) >= 11 is 5.94. The number of nitrogens with zero attached hydrogens (tertiary/aromatic N) is 1. The van der Waals surface area contributed by atoms with E-state index in [0.29, 0.717) is 35.2 Å². The fourth-order valence-electron chi connectivity index (χ4n) is 3.14. The van der Waals surface area contributed by atoms with Gasteiger partial charge in [-0.05, 0) is 42.8 Å². The number of ether oxygens (including phenoxy) is 1. The largest absolute Gasteiger partial charge is 0.379 e. The predicted molar refractivity (Wildman–Crippen MR) is 118 cm³/mol. The summed E-state index contributed by atoms with van der Waals surface area (Å²) in [5.41, 5.74) is 6.78. The van der Waals surface area contributed by atoms with Crippen molar-refractivity contribution in [1.82, 2.24) is 4.31 Å². The zero-order chi connectivity index (χ0) is 22.6. The highest BCUT2D eigenvalue weighted by atomic mass is 35.5. The first-order valence-corrected chi connectivity index (χ1v) is 11.3. The maximum atomic E-state index is 13.0. The van der Waals surface area contributed by atoms with E-state index in [1.165, 1.54) is 28.6 Å². The third-order valence-electron chi connectivity index (χ3n) is 4.75. The second-order valence-electron chi connectivity index (χ2n) is 6.95. The molecule has 31 heavy (non-hydrogen) atoms. The molecule has 2 aromatic rings. The van der Waals surface area contributed by atoms with Gasteiger partial charge < -0.3 is 21.1 Å². The Morgan fingerprint density at radius 1 is 1.16 bits per heavy atom. The minimum absolute atomic E-state index is 0.131. The standard InChI is InChI=1S/C20H23ClN4O5S/c1-13-2-4-15(11-18(13)31(28,29)25-6-8-30-9-7-25)24-19(26)12-23-17-10-14(21)3-5-16(17)20(22)27/h2-5,10-11,23H,6-9,12H2,1H3,(H2,22,27)(H,24,26). The summed E-state index contributed by atoms with van der Waals surface area (Å²) in [7, 11) is -3.71. The number of primary amides is 1. The van der Waals surface area contributed by atoms with Crippen LogP contribution in [0.15, 0.2) is 41.3 Å². The van der Waals surface area contributed by atoms with Crippen molar-refractivity contribution in [3.05, 3.63) is 52.5 Å². The van der Waals surface area contributed by atoms with Gasteiger partial charge in [0.15, 0.2) is 0 Å². The Balaban J connectivity index is 1.72. The van der Waals surface area contributed by atoms with Crippen molar-refractivity contribution in [2.45, 2.75) is 11.8 Å². The molecule has 1 fully saturated rings. The summed E-state index contributed by atoms with van der Waals surface area (Å²) in [6.45, 7) is 2.77. The van der Waals surface area contributed by atoms with Crippen molar-refractivity contribution in [3.63, 3.8) is 0 Å². The quantitative estimate of drug-likeness (QED) is 0.570. The second kappa shape index (κ2) is 9.65. The first-order valence-electron chi connectivity index (χ1n) is 9.50. The van der Waals surface area contributed by atoms with Gasteiger partial charge in [0.05, 0.1) is 30.2 Å². The number of aryl methyl sites for hydroxylation is 1.